The van der Waals surface area contributed by atoms with E-state index in [0.717, 1.165) is 25.3 Å². The molecule has 24 heavy (non-hydrogen) atoms. The molecule has 2 heterocycles. The van der Waals surface area contributed by atoms with Crippen LogP contribution >= 0.6 is 0 Å². The van der Waals surface area contributed by atoms with Crippen molar-refractivity contribution in [2.75, 3.05) is 25.9 Å². The molecule has 0 aromatic rings. The zero-order valence-electron chi connectivity index (χ0n) is 15.0. The normalized spacial score (nSPS) is 28.4. The molecular weight excluding hydrogens is 324 g/mol. The molecule has 2 saturated heterocycles. The third-order valence-electron chi connectivity index (χ3n) is 6.26. The van der Waals surface area contributed by atoms with E-state index >= 15 is 0 Å². The van der Waals surface area contributed by atoms with E-state index in [1.165, 1.54) is 49.1 Å². The van der Waals surface area contributed by atoms with E-state index in [-0.39, 0.29) is 5.92 Å². The van der Waals surface area contributed by atoms with Crippen molar-refractivity contribution in [1.82, 2.24) is 9.21 Å². The van der Waals surface area contributed by atoms with E-state index in [2.05, 4.69) is 4.90 Å². The summed E-state index contributed by atoms with van der Waals surface area (Å²) in [6.07, 6.45) is 12.9. The van der Waals surface area contributed by atoms with Gasteiger partial charge in [-0.05, 0) is 38.0 Å². The molecule has 3 fully saturated rings. The lowest BCUT2D eigenvalue weighted by Gasteiger charge is -2.35. The summed E-state index contributed by atoms with van der Waals surface area (Å²) in [7, 11) is -3.12. The molecular formula is C18H32N2O3S. The van der Waals surface area contributed by atoms with Crippen LogP contribution in [0.2, 0.25) is 0 Å². The molecule has 0 bridgehead atoms. The number of likely N-dealkylation sites (tertiary alicyclic amines) is 1. The SMILES string of the molecule is CS(=O)(=O)N1CCC(C(=O)N2CCC[C@H]2CC2CCCCC2)CC1. The van der Waals surface area contributed by atoms with Crippen molar-refractivity contribution in [3.63, 3.8) is 0 Å². The van der Waals surface area contributed by atoms with Gasteiger partial charge >= 0.3 is 0 Å². The van der Waals surface area contributed by atoms with Crippen molar-refractivity contribution in [2.24, 2.45) is 11.8 Å². The fourth-order valence-electron chi connectivity index (χ4n) is 4.85. The number of carbonyl (C=O) groups excluding carboxylic acids is 1. The minimum absolute atomic E-state index is 0.0231. The Morgan fingerprint density at radius 1 is 0.917 bits per heavy atom. The number of rotatable bonds is 4. The molecule has 1 atom stereocenters. The van der Waals surface area contributed by atoms with Gasteiger partial charge in [-0.25, -0.2) is 12.7 Å². The Morgan fingerprint density at radius 3 is 2.21 bits per heavy atom. The standard InChI is InChI=1S/C18H32N2O3S/c1-24(22,23)19-12-9-16(10-13-19)18(21)20-11-5-8-17(20)14-15-6-3-2-4-7-15/h15-17H,2-14H2,1H3/t17-/m0/s1. The van der Waals surface area contributed by atoms with Crippen LogP contribution < -0.4 is 0 Å². The van der Waals surface area contributed by atoms with E-state index < -0.39 is 10.0 Å². The topological polar surface area (TPSA) is 57.7 Å². The quantitative estimate of drug-likeness (QED) is 0.778. The predicted octanol–water partition coefficient (Wildman–Crippen LogP) is 2.62. The second-order valence-corrected chi connectivity index (χ2v) is 9.99. The van der Waals surface area contributed by atoms with Crippen LogP contribution in [0.15, 0.2) is 0 Å². The molecule has 1 saturated carbocycles. The van der Waals surface area contributed by atoms with Crippen molar-refractivity contribution in [2.45, 2.75) is 70.3 Å². The minimum atomic E-state index is -3.12. The minimum Gasteiger partial charge on any atom is -0.339 e. The fourth-order valence-corrected chi connectivity index (χ4v) is 5.72. The molecule has 0 N–H and O–H groups in total. The van der Waals surface area contributed by atoms with Crippen LogP contribution in [0.4, 0.5) is 0 Å². The molecule has 6 heteroatoms. The largest absolute Gasteiger partial charge is 0.339 e. The number of piperidine rings is 1. The highest BCUT2D eigenvalue weighted by Crippen LogP contribution is 2.33. The lowest BCUT2D eigenvalue weighted by molar-refractivity contribution is -0.137. The van der Waals surface area contributed by atoms with Gasteiger partial charge in [-0.2, -0.15) is 0 Å². The summed E-state index contributed by atoms with van der Waals surface area (Å²) in [5, 5.41) is 0. The van der Waals surface area contributed by atoms with Gasteiger partial charge in [0.2, 0.25) is 15.9 Å². The molecule has 0 unspecified atom stereocenters. The Morgan fingerprint density at radius 2 is 1.58 bits per heavy atom. The van der Waals surface area contributed by atoms with Gasteiger partial charge in [0.05, 0.1) is 6.26 Å². The molecule has 0 aromatic carbocycles. The highest BCUT2D eigenvalue weighted by atomic mass is 32.2. The second kappa shape index (κ2) is 7.73. The molecule has 0 spiro atoms. The van der Waals surface area contributed by atoms with Crippen LogP contribution in [0, 0.1) is 11.8 Å². The molecule has 0 aromatic heterocycles. The van der Waals surface area contributed by atoms with Gasteiger partial charge < -0.3 is 4.90 Å². The van der Waals surface area contributed by atoms with Gasteiger partial charge in [-0.3, -0.25) is 4.79 Å². The monoisotopic (exact) mass is 356 g/mol. The Labute approximate surface area is 146 Å². The number of amides is 1. The van der Waals surface area contributed by atoms with Gasteiger partial charge in [-0.15, -0.1) is 0 Å². The van der Waals surface area contributed by atoms with Crippen LogP contribution in [0.5, 0.6) is 0 Å². The first-order chi connectivity index (χ1) is 11.4. The third kappa shape index (κ3) is 4.31. The zero-order chi connectivity index (χ0) is 17.2. The summed E-state index contributed by atoms with van der Waals surface area (Å²) in [4.78, 5) is 15.1. The molecule has 138 valence electrons. The maximum absolute atomic E-state index is 13.0. The Bertz CT molecular complexity index is 534. The van der Waals surface area contributed by atoms with Crippen molar-refractivity contribution in [3.8, 4) is 0 Å². The Kier molecular flexibility index (Phi) is 5.85. The lowest BCUT2D eigenvalue weighted by atomic mass is 9.84. The van der Waals surface area contributed by atoms with Gasteiger partial charge in [-0.1, -0.05) is 32.1 Å². The van der Waals surface area contributed by atoms with E-state index in [0.29, 0.717) is 37.9 Å². The summed E-state index contributed by atoms with van der Waals surface area (Å²) < 4.78 is 24.8. The van der Waals surface area contributed by atoms with Gasteiger partial charge in [0.1, 0.15) is 0 Å². The maximum atomic E-state index is 13.0. The first-order valence-electron chi connectivity index (χ1n) is 9.71. The van der Waals surface area contributed by atoms with Crippen molar-refractivity contribution in [3.05, 3.63) is 0 Å². The molecule has 1 amide bonds. The van der Waals surface area contributed by atoms with Gasteiger partial charge in [0.25, 0.3) is 0 Å². The van der Waals surface area contributed by atoms with E-state index in [1.807, 2.05) is 0 Å². The van der Waals surface area contributed by atoms with Crippen LogP contribution in [-0.2, 0) is 14.8 Å². The number of hydrogen-bond donors (Lipinski definition) is 0. The predicted molar refractivity (Wildman–Crippen MR) is 95.1 cm³/mol. The number of hydrogen-bond acceptors (Lipinski definition) is 3. The number of sulfonamides is 1. The van der Waals surface area contributed by atoms with Gasteiger partial charge in [0, 0.05) is 31.6 Å². The summed E-state index contributed by atoms with van der Waals surface area (Å²) in [6, 6.07) is 0.438. The average molecular weight is 357 g/mol. The second-order valence-electron chi connectivity index (χ2n) is 8.00. The molecule has 5 nitrogen and oxygen atoms in total. The van der Waals surface area contributed by atoms with E-state index in [1.54, 1.807) is 0 Å². The highest BCUT2D eigenvalue weighted by molar-refractivity contribution is 7.88. The van der Waals surface area contributed by atoms with Crippen molar-refractivity contribution < 1.29 is 13.2 Å². The average Bonchev–Trinajstić information content (AvgIpc) is 3.02. The molecule has 0 radical (unpaired) electrons. The van der Waals surface area contributed by atoms with E-state index in [9.17, 15) is 13.2 Å². The zero-order valence-corrected chi connectivity index (χ0v) is 15.8. The Balaban J connectivity index is 1.54. The van der Waals surface area contributed by atoms with Crippen LogP contribution in [0.3, 0.4) is 0 Å². The van der Waals surface area contributed by atoms with Gasteiger partial charge in [0.15, 0.2) is 0 Å². The number of nitrogens with zero attached hydrogens (tertiary/aromatic N) is 2. The first-order valence-corrected chi connectivity index (χ1v) is 11.6. The summed E-state index contributed by atoms with van der Waals surface area (Å²) in [5.41, 5.74) is 0. The van der Waals surface area contributed by atoms with Crippen LogP contribution in [0.25, 0.3) is 0 Å². The van der Waals surface area contributed by atoms with E-state index in [4.69, 9.17) is 0 Å². The Hall–Kier alpha value is -0.620. The summed E-state index contributed by atoms with van der Waals surface area (Å²) in [6.45, 7) is 1.90. The smallest absolute Gasteiger partial charge is 0.226 e. The van der Waals surface area contributed by atoms with Crippen LogP contribution in [0.1, 0.15) is 64.2 Å². The first kappa shape index (κ1) is 18.2. The summed E-state index contributed by atoms with van der Waals surface area (Å²) >= 11 is 0. The number of carbonyl (C=O) groups is 1. The molecule has 1 aliphatic carbocycles. The molecule has 3 rings (SSSR count). The lowest BCUT2D eigenvalue weighted by Crippen LogP contribution is -2.45. The highest BCUT2D eigenvalue weighted by Gasteiger charge is 2.36. The maximum Gasteiger partial charge on any atom is 0.226 e. The molecule has 3 aliphatic rings. The molecule has 2 aliphatic heterocycles. The summed E-state index contributed by atoms with van der Waals surface area (Å²) in [5.74, 6) is 1.13. The fraction of sp³-hybridized carbons (Fsp3) is 0.944. The van der Waals surface area contributed by atoms with Crippen LogP contribution in [-0.4, -0.2) is 55.5 Å². The van der Waals surface area contributed by atoms with Crippen molar-refractivity contribution in [1.29, 1.82) is 0 Å². The third-order valence-corrected chi connectivity index (χ3v) is 7.57. The van der Waals surface area contributed by atoms with Crippen molar-refractivity contribution >= 4 is 15.9 Å².